The third kappa shape index (κ3) is 2.26. The quantitative estimate of drug-likeness (QED) is 0.843. The molecule has 18 heavy (non-hydrogen) atoms. The number of hydrogen-bond donors (Lipinski definition) is 1. The largest absolute Gasteiger partial charge is 0.480 e. The molecule has 0 saturated carbocycles. The zero-order valence-electron chi connectivity index (χ0n) is 9.91. The van der Waals surface area contributed by atoms with Crippen LogP contribution >= 0.6 is 0 Å². The number of rotatable bonds is 3. The molecule has 2 unspecified atom stereocenters. The summed E-state index contributed by atoms with van der Waals surface area (Å²) in [6.45, 7) is 0.468. The Morgan fingerprint density at radius 2 is 2.50 bits per heavy atom. The first kappa shape index (κ1) is 12.3. The van der Waals surface area contributed by atoms with Crippen molar-refractivity contribution in [2.45, 2.75) is 18.6 Å². The van der Waals surface area contributed by atoms with E-state index in [2.05, 4.69) is 4.98 Å². The normalized spacial score (nSPS) is 22.8. The lowest BCUT2D eigenvalue weighted by atomic mass is 10.2. The third-order valence-corrected chi connectivity index (χ3v) is 3.05. The topological polar surface area (TPSA) is 86.5 Å². The summed E-state index contributed by atoms with van der Waals surface area (Å²) in [5.74, 6) is -0.403. The van der Waals surface area contributed by atoms with Crippen LogP contribution in [0.15, 0.2) is 18.3 Å². The fourth-order valence-corrected chi connectivity index (χ4v) is 2.10. The van der Waals surface area contributed by atoms with E-state index in [1.54, 1.807) is 24.1 Å². The molecule has 1 aliphatic rings. The Kier molecular flexibility index (Phi) is 3.44. The van der Waals surface area contributed by atoms with Gasteiger partial charge in [-0.15, -0.1) is 0 Å². The first-order chi connectivity index (χ1) is 8.65. The molecule has 0 aliphatic carbocycles. The van der Waals surface area contributed by atoms with Gasteiger partial charge >= 0.3 is 5.97 Å². The number of carboxylic acid groups (broad SMARTS) is 1. The summed E-state index contributed by atoms with van der Waals surface area (Å²) < 4.78 is 5.20. The molecule has 6 heteroatoms. The number of carbonyl (C=O) groups is 1. The second-order valence-electron chi connectivity index (χ2n) is 4.11. The van der Waals surface area contributed by atoms with Crippen molar-refractivity contribution in [2.24, 2.45) is 0 Å². The Morgan fingerprint density at radius 1 is 1.72 bits per heavy atom. The van der Waals surface area contributed by atoms with E-state index in [0.717, 1.165) is 0 Å². The van der Waals surface area contributed by atoms with Gasteiger partial charge in [0.2, 0.25) is 0 Å². The molecule has 0 spiro atoms. The van der Waals surface area contributed by atoms with E-state index < -0.39 is 12.0 Å². The molecule has 1 fully saturated rings. The molecule has 1 aromatic rings. The van der Waals surface area contributed by atoms with Crippen molar-refractivity contribution >= 4 is 11.8 Å². The molecule has 0 bridgehead atoms. The fraction of sp³-hybridized carbons (Fsp3) is 0.417. The van der Waals surface area contributed by atoms with E-state index >= 15 is 0 Å². The summed E-state index contributed by atoms with van der Waals surface area (Å²) in [4.78, 5) is 17.0. The molecule has 2 heterocycles. The Hall–Kier alpha value is -2.13. The number of hydrogen-bond acceptors (Lipinski definition) is 5. The summed E-state index contributed by atoms with van der Waals surface area (Å²) in [6, 6.07) is 4.54. The molecule has 2 rings (SSSR count). The fourth-order valence-electron chi connectivity index (χ4n) is 2.10. The lowest BCUT2D eigenvalue weighted by Crippen LogP contribution is -2.36. The van der Waals surface area contributed by atoms with Gasteiger partial charge in [-0.05, 0) is 12.1 Å². The first-order valence-corrected chi connectivity index (χ1v) is 5.54. The van der Waals surface area contributed by atoms with Crippen LogP contribution in [0.2, 0.25) is 0 Å². The average Bonchev–Trinajstić information content (AvgIpc) is 2.83. The molecule has 1 aromatic heterocycles. The lowest BCUT2D eigenvalue weighted by molar-refractivity contribution is -0.138. The van der Waals surface area contributed by atoms with Gasteiger partial charge in [-0.3, -0.25) is 0 Å². The van der Waals surface area contributed by atoms with Crippen LogP contribution in [0.5, 0.6) is 0 Å². The van der Waals surface area contributed by atoms with Crippen LogP contribution < -0.4 is 4.90 Å². The number of pyridine rings is 1. The number of carboxylic acids is 1. The maximum atomic E-state index is 11.2. The number of ether oxygens (including phenoxy) is 1. The monoisotopic (exact) mass is 247 g/mol. The Bertz CT molecular complexity index is 498. The van der Waals surface area contributed by atoms with Crippen LogP contribution in [0.4, 0.5) is 5.82 Å². The van der Waals surface area contributed by atoms with Crippen LogP contribution in [0.1, 0.15) is 12.0 Å². The molecule has 6 nitrogen and oxygen atoms in total. The minimum absolute atomic E-state index is 0.126. The van der Waals surface area contributed by atoms with Gasteiger partial charge in [0.1, 0.15) is 11.9 Å². The van der Waals surface area contributed by atoms with Gasteiger partial charge in [0.25, 0.3) is 0 Å². The zero-order chi connectivity index (χ0) is 13.1. The van der Waals surface area contributed by atoms with Crippen LogP contribution in [-0.2, 0) is 9.53 Å². The van der Waals surface area contributed by atoms with Crippen molar-refractivity contribution in [3.63, 3.8) is 0 Å². The van der Waals surface area contributed by atoms with E-state index in [1.807, 2.05) is 6.07 Å². The van der Waals surface area contributed by atoms with E-state index in [0.29, 0.717) is 24.3 Å². The average molecular weight is 247 g/mol. The Labute approximate surface area is 104 Å². The van der Waals surface area contributed by atoms with Gasteiger partial charge in [-0.25, -0.2) is 9.78 Å². The summed E-state index contributed by atoms with van der Waals surface area (Å²) in [7, 11) is 1.56. The van der Waals surface area contributed by atoms with Crippen molar-refractivity contribution in [2.75, 3.05) is 18.6 Å². The maximum absolute atomic E-state index is 11.2. The van der Waals surface area contributed by atoms with Gasteiger partial charge < -0.3 is 14.7 Å². The molecule has 1 saturated heterocycles. The standard InChI is InChI=1S/C12H13N3O3/c1-18-9-5-10(12(16)17)15(7-9)11-4-8(6-13)2-3-14-11/h2-4,9-10H,5,7H2,1H3,(H,16,17). The molecule has 1 aliphatic heterocycles. The second kappa shape index (κ2) is 5.02. The first-order valence-electron chi connectivity index (χ1n) is 5.54. The highest BCUT2D eigenvalue weighted by atomic mass is 16.5. The zero-order valence-corrected chi connectivity index (χ0v) is 9.91. The van der Waals surface area contributed by atoms with E-state index in [9.17, 15) is 9.90 Å². The molecule has 0 amide bonds. The summed E-state index contributed by atoms with van der Waals surface area (Å²) in [5.41, 5.74) is 0.463. The number of nitriles is 1. The highest BCUT2D eigenvalue weighted by Crippen LogP contribution is 2.26. The Balaban J connectivity index is 2.30. The predicted octanol–water partition coefficient (Wildman–Crippen LogP) is 0.632. The lowest BCUT2D eigenvalue weighted by Gasteiger charge is -2.22. The third-order valence-electron chi connectivity index (χ3n) is 3.05. The number of methoxy groups -OCH3 is 1. The van der Waals surface area contributed by atoms with E-state index in [4.69, 9.17) is 10.00 Å². The Morgan fingerprint density at radius 3 is 3.11 bits per heavy atom. The maximum Gasteiger partial charge on any atom is 0.326 e. The van der Waals surface area contributed by atoms with Crippen LogP contribution in [0, 0.1) is 11.3 Å². The minimum atomic E-state index is -0.904. The summed E-state index contributed by atoms with van der Waals surface area (Å²) in [5, 5.41) is 18.0. The number of nitrogens with zero attached hydrogens (tertiary/aromatic N) is 3. The van der Waals surface area contributed by atoms with Crippen molar-refractivity contribution in [1.82, 2.24) is 4.98 Å². The van der Waals surface area contributed by atoms with Gasteiger partial charge in [0, 0.05) is 26.3 Å². The number of aromatic nitrogens is 1. The molecular weight excluding hydrogens is 234 g/mol. The smallest absolute Gasteiger partial charge is 0.326 e. The minimum Gasteiger partial charge on any atom is -0.480 e. The van der Waals surface area contributed by atoms with Crippen LogP contribution in [0.25, 0.3) is 0 Å². The van der Waals surface area contributed by atoms with Gasteiger partial charge in [-0.1, -0.05) is 0 Å². The molecule has 0 radical (unpaired) electrons. The SMILES string of the molecule is COC1CC(C(=O)O)N(c2cc(C#N)ccn2)C1. The van der Waals surface area contributed by atoms with Crippen LogP contribution in [-0.4, -0.2) is 41.9 Å². The van der Waals surface area contributed by atoms with Gasteiger partial charge in [0.05, 0.1) is 17.7 Å². The highest BCUT2D eigenvalue weighted by molar-refractivity contribution is 5.78. The number of anilines is 1. The molecule has 1 N–H and O–H groups in total. The van der Waals surface area contributed by atoms with Gasteiger partial charge in [-0.2, -0.15) is 5.26 Å². The number of aliphatic carboxylic acids is 1. The summed E-state index contributed by atoms with van der Waals surface area (Å²) >= 11 is 0. The van der Waals surface area contributed by atoms with Crippen molar-refractivity contribution < 1.29 is 14.6 Å². The van der Waals surface area contributed by atoms with E-state index in [1.165, 1.54) is 6.20 Å². The van der Waals surface area contributed by atoms with Gasteiger partial charge in [0.15, 0.2) is 0 Å². The van der Waals surface area contributed by atoms with Crippen LogP contribution in [0.3, 0.4) is 0 Å². The molecular formula is C12H13N3O3. The molecule has 94 valence electrons. The van der Waals surface area contributed by atoms with Crippen molar-refractivity contribution in [1.29, 1.82) is 5.26 Å². The summed E-state index contributed by atoms with van der Waals surface area (Å²) in [6.07, 6.45) is 1.80. The molecule has 0 aromatic carbocycles. The molecule has 2 atom stereocenters. The highest BCUT2D eigenvalue weighted by Gasteiger charge is 2.37. The van der Waals surface area contributed by atoms with Crippen molar-refractivity contribution in [3.8, 4) is 6.07 Å². The predicted molar refractivity (Wildman–Crippen MR) is 63.1 cm³/mol. The van der Waals surface area contributed by atoms with E-state index in [-0.39, 0.29) is 6.10 Å². The second-order valence-corrected chi connectivity index (χ2v) is 4.11. The van der Waals surface area contributed by atoms with Crippen molar-refractivity contribution in [3.05, 3.63) is 23.9 Å².